The van der Waals surface area contributed by atoms with Gasteiger partial charge in [-0.15, -0.1) is 0 Å². The lowest BCUT2D eigenvalue weighted by molar-refractivity contribution is 0.0695. The van der Waals surface area contributed by atoms with Crippen molar-refractivity contribution in [3.05, 3.63) is 29.3 Å². The molecule has 1 aliphatic rings. The molecule has 0 saturated heterocycles. The van der Waals surface area contributed by atoms with Crippen molar-refractivity contribution in [2.75, 3.05) is 11.9 Å². The van der Waals surface area contributed by atoms with Gasteiger partial charge in [-0.1, -0.05) is 6.92 Å². The second kappa shape index (κ2) is 5.97. The number of carboxylic acids is 1. The zero-order chi connectivity index (χ0) is 15.6. The Balaban J connectivity index is 2.28. The van der Waals surface area contributed by atoms with Gasteiger partial charge in [-0.05, 0) is 43.7 Å². The van der Waals surface area contributed by atoms with Crippen molar-refractivity contribution in [2.45, 2.75) is 38.1 Å². The molecule has 0 unspecified atom stereocenters. The molecule has 0 aromatic heterocycles. The van der Waals surface area contributed by atoms with Crippen LogP contribution in [0.4, 0.5) is 14.5 Å². The highest BCUT2D eigenvalue weighted by molar-refractivity contribution is 5.88. The summed E-state index contributed by atoms with van der Waals surface area (Å²) in [5, 5.41) is 21.2. The second-order valence-corrected chi connectivity index (χ2v) is 5.87. The molecule has 1 aromatic carbocycles. The number of aliphatic hydroxyl groups is 1. The molecule has 0 atom stereocenters. The molecule has 1 fully saturated rings. The van der Waals surface area contributed by atoms with E-state index < -0.39 is 28.7 Å². The molecular weight excluding hydrogens is 280 g/mol. The number of hydrogen-bond donors (Lipinski definition) is 3. The molecular formula is C15H19F2NO3. The number of halogens is 2. The van der Waals surface area contributed by atoms with Crippen molar-refractivity contribution in [3.8, 4) is 0 Å². The van der Waals surface area contributed by atoms with E-state index in [0.717, 1.165) is 25.0 Å². The Hall–Kier alpha value is -1.69. The molecule has 1 aromatic rings. The first-order valence-electron chi connectivity index (χ1n) is 6.98. The van der Waals surface area contributed by atoms with E-state index in [1.54, 1.807) is 0 Å². The van der Waals surface area contributed by atoms with Crippen molar-refractivity contribution in [3.63, 3.8) is 0 Å². The van der Waals surface area contributed by atoms with E-state index in [-0.39, 0.29) is 12.3 Å². The van der Waals surface area contributed by atoms with Crippen LogP contribution in [0, 0.1) is 17.6 Å². The minimum absolute atomic E-state index is 0.223. The highest BCUT2D eigenvalue weighted by atomic mass is 19.1. The first-order chi connectivity index (χ1) is 9.87. The standard InChI is InChI=1S/C15H19F2NO3/c1-9-2-4-15(8-19,5-3-9)18-13-11(16)6-10(14(20)21)7-12(13)17/h6-7,9,18-19H,2-5,8H2,1H3,(H,20,21). The third-order valence-electron chi connectivity index (χ3n) is 4.21. The minimum atomic E-state index is -1.39. The van der Waals surface area contributed by atoms with E-state index in [2.05, 4.69) is 12.2 Å². The van der Waals surface area contributed by atoms with E-state index in [4.69, 9.17) is 5.11 Å². The van der Waals surface area contributed by atoms with Gasteiger partial charge in [0.25, 0.3) is 0 Å². The number of aliphatic hydroxyl groups excluding tert-OH is 1. The molecule has 0 amide bonds. The monoisotopic (exact) mass is 299 g/mol. The van der Waals surface area contributed by atoms with Gasteiger partial charge in [0, 0.05) is 0 Å². The third kappa shape index (κ3) is 3.32. The maximum atomic E-state index is 14.0. The van der Waals surface area contributed by atoms with Crippen LogP contribution in [-0.4, -0.2) is 28.3 Å². The van der Waals surface area contributed by atoms with Crippen LogP contribution < -0.4 is 5.32 Å². The molecule has 0 radical (unpaired) electrons. The number of hydrogen-bond acceptors (Lipinski definition) is 3. The van der Waals surface area contributed by atoms with E-state index in [1.165, 1.54) is 0 Å². The summed E-state index contributed by atoms with van der Waals surface area (Å²) in [5.41, 5.74) is -1.56. The van der Waals surface area contributed by atoms with Crippen LogP contribution in [0.3, 0.4) is 0 Å². The average Bonchev–Trinajstić information content (AvgIpc) is 2.45. The van der Waals surface area contributed by atoms with Gasteiger partial charge in [-0.3, -0.25) is 0 Å². The number of rotatable bonds is 4. The fourth-order valence-corrected chi connectivity index (χ4v) is 2.72. The fourth-order valence-electron chi connectivity index (χ4n) is 2.72. The van der Waals surface area contributed by atoms with Crippen molar-refractivity contribution < 1.29 is 23.8 Å². The predicted molar refractivity (Wildman–Crippen MR) is 74.4 cm³/mol. The van der Waals surface area contributed by atoms with Gasteiger partial charge >= 0.3 is 5.97 Å². The highest BCUT2D eigenvalue weighted by Crippen LogP contribution is 2.35. The normalized spacial score (nSPS) is 25.6. The average molecular weight is 299 g/mol. The van der Waals surface area contributed by atoms with Gasteiger partial charge in [0.1, 0.15) is 17.3 Å². The van der Waals surface area contributed by atoms with Crippen molar-refractivity contribution in [2.24, 2.45) is 5.92 Å². The summed E-state index contributed by atoms with van der Waals surface area (Å²) in [4.78, 5) is 10.8. The molecule has 0 spiro atoms. The lowest BCUT2D eigenvalue weighted by Gasteiger charge is -2.39. The van der Waals surface area contributed by atoms with Crippen LogP contribution in [-0.2, 0) is 0 Å². The van der Waals surface area contributed by atoms with E-state index in [1.807, 2.05) is 0 Å². The van der Waals surface area contributed by atoms with Crippen LogP contribution in [0.15, 0.2) is 12.1 Å². The van der Waals surface area contributed by atoms with Gasteiger partial charge < -0.3 is 15.5 Å². The molecule has 6 heteroatoms. The number of carbonyl (C=O) groups is 1. The molecule has 21 heavy (non-hydrogen) atoms. The van der Waals surface area contributed by atoms with Gasteiger partial charge in [-0.2, -0.15) is 0 Å². The van der Waals surface area contributed by atoms with Crippen molar-refractivity contribution in [1.29, 1.82) is 0 Å². The summed E-state index contributed by atoms with van der Waals surface area (Å²) in [6, 6.07) is 1.56. The number of aromatic carboxylic acids is 1. The smallest absolute Gasteiger partial charge is 0.335 e. The quantitative estimate of drug-likeness (QED) is 0.799. The predicted octanol–water partition coefficient (Wildman–Crippen LogP) is 3.02. The van der Waals surface area contributed by atoms with Gasteiger partial charge in [-0.25, -0.2) is 13.6 Å². The van der Waals surface area contributed by atoms with Crippen LogP contribution in [0.2, 0.25) is 0 Å². The second-order valence-electron chi connectivity index (χ2n) is 5.87. The number of anilines is 1. The van der Waals surface area contributed by atoms with E-state index >= 15 is 0 Å². The zero-order valence-corrected chi connectivity index (χ0v) is 11.8. The summed E-state index contributed by atoms with van der Waals surface area (Å²) in [5.74, 6) is -2.78. The van der Waals surface area contributed by atoms with Gasteiger partial charge in [0.05, 0.1) is 17.7 Å². The Bertz CT molecular complexity index is 517. The zero-order valence-electron chi connectivity index (χ0n) is 11.8. The number of benzene rings is 1. The Kier molecular flexibility index (Phi) is 4.46. The highest BCUT2D eigenvalue weighted by Gasteiger charge is 2.35. The lowest BCUT2D eigenvalue weighted by Crippen LogP contribution is -2.45. The first-order valence-corrected chi connectivity index (χ1v) is 6.98. The fraction of sp³-hybridized carbons (Fsp3) is 0.533. The largest absolute Gasteiger partial charge is 0.478 e. The molecule has 4 nitrogen and oxygen atoms in total. The first kappa shape index (κ1) is 15.7. The molecule has 0 heterocycles. The van der Waals surface area contributed by atoms with E-state index in [9.17, 15) is 18.7 Å². The molecule has 0 bridgehead atoms. The van der Waals surface area contributed by atoms with Gasteiger partial charge in [0.15, 0.2) is 0 Å². The summed E-state index contributed by atoms with van der Waals surface area (Å²) in [7, 11) is 0. The SMILES string of the molecule is CC1CCC(CO)(Nc2c(F)cc(C(=O)O)cc2F)CC1. The molecule has 1 saturated carbocycles. The molecule has 0 aliphatic heterocycles. The maximum absolute atomic E-state index is 14.0. The summed E-state index contributed by atoms with van der Waals surface area (Å²) >= 11 is 0. The number of nitrogens with one attached hydrogen (secondary N) is 1. The Morgan fingerprint density at radius 2 is 1.86 bits per heavy atom. The third-order valence-corrected chi connectivity index (χ3v) is 4.21. The van der Waals surface area contributed by atoms with Crippen LogP contribution in [0.1, 0.15) is 43.0 Å². The summed E-state index contributed by atoms with van der Waals surface area (Å²) < 4.78 is 27.9. The molecule has 2 rings (SSSR count). The molecule has 116 valence electrons. The minimum Gasteiger partial charge on any atom is -0.478 e. The Morgan fingerprint density at radius 3 is 2.29 bits per heavy atom. The molecule has 3 N–H and O–H groups in total. The Morgan fingerprint density at radius 1 is 1.33 bits per heavy atom. The summed E-state index contributed by atoms with van der Waals surface area (Å²) in [6.07, 6.45) is 2.96. The lowest BCUT2D eigenvalue weighted by atomic mass is 9.77. The summed E-state index contributed by atoms with van der Waals surface area (Å²) in [6.45, 7) is 1.88. The Labute approximate surface area is 121 Å². The van der Waals surface area contributed by atoms with Crippen molar-refractivity contribution >= 4 is 11.7 Å². The van der Waals surface area contributed by atoms with Crippen LogP contribution in [0.25, 0.3) is 0 Å². The topological polar surface area (TPSA) is 69.6 Å². The van der Waals surface area contributed by atoms with Crippen molar-refractivity contribution in [1.82, 2.24) is 0 Å². The van der Waals surface area contributed by atoms with E-state index in [0.29, 0.717) is 18.8 Å². The van der Waals surface area contributed by atoms with Crippen LogP contribution >= 0.6 is 0 Å². The van der Waals surface area contributed by atoms with Gasteiger partial charge in [0.2, 0.25) is 0 Å². The molecule has 1 aliphatic carbocycles. The van der Waals surface area contributed by atoms with Crippen LogP contribution in [0.5, 0.6) is 0 Å². The number of carboxylic acid groups (broad SMARTS) is 1. The maximum Gasteiger partial charge on any atom is 0.335 e.